The lowest BCUT2D eigenvalue weighted by Gasteiger charge is -2.16. The first-order chi connectivity index (χ1) is 13.7. The molecule has 0 saturated carbocycles. The predicted octanol–water partition coefficient (Wildman–Crippen LogP) is 3.74. The van der Waals surface area contributed by atoms with Crippen molar-refractivity contribution in [2.75, 3.05) is 11.9 Å². The average molecular weight is 415 g/mol. The number of ether oxygens (including phenoxy) is 1. The predicted molar refractivity (Wildman–Crippen MR) is 113 cm³/mol. The molecule has 1 aliphatic heterocycles. The van der Waals surface area contributed by atoms with Crippen molar-refractivity contribution in [1.82, 2.24) is 9.97 Å². The van der Waals surface area contributed by atoms with E-state index in [-0.39, 0.29) is 12.0 Å². The number of amides is 1. The second kappa shape index (κ2) is 7.42. The lowest BCUT2D eigenvalue weighted by atomic mass is 9.97. The molecule has 0 spiro atoms. The maximum absolute atomic E-state index is 11.4. The van der Waals surface area contributed by atoms with Gasteiger partial charge in [-0.3, -0.25) is 4.79 Å². The number of aromatic nitrogens is 2. The van der Waals surface area contributed by atoms with E-state index in [0.29, 0.717) is 13.0 Å². The Morgan fingerprint density at radius 3 is 2.96 bits per heavy atom. The smallest absolute Gasteiger partial charge is 0.246 e. The highest BCUT2D eigenvalue weighted by atomic mass is 32.1. The highest BCUT2D eigenvalue weighted by Gasteiger charge is 2.29. The lowest BCUT2D eigenvalue weighted by molar-refractivity contribution is -0.128. The van der Waals surface area contributed by atoms with Crippen LogP contribution in [0.2, 0.25) is 0 Å². The largest absolute Gasteiger partial charge is 0.367 e. The first-order valence-electron chi connectivity index (χ1n) is 9.72. The number of anilines is 1. The first-order valence-corrected chi connectivity index (χ1v) is 11.5. The first kappa shape index (κ1) is 18.0. The highest BCUT2D eigenvalue weighted by Crippen LogP contribution is 2.40. The van der Waals surface area contributed by atoms with Gasteiger partial charge >= 0.3 is 0 Å². The van der Waals surface area contributed by atoms with E-state index < -0.39 is 6.10 Å². The fourth-order valence-corrected chi connectivity index (χ4v) is 5.98. The van der Waals surface area contributed by atoms with Crippen LogP contribution < -0.4 is 11.1 Å². The van der Waals surface area contributed by atoms with Crippen molar-refractivity contribution in [2.24, 2.45) is 5.73 Å². The number of thiophene rings is 2. The number of carbonyl (C=O) groups excluding carboxylic acids is 1. The average Bonchev–Trinajstić information content (AvgIpc) is 3.44. The number of nitrogens with one attached hydrogen (secondary N) is 1. The summed E-state index contributed by atoms with van der Waals surface area (Å²) in [6, 6.07) is 2.06. The van der Waals surface area contributed by atoms with Crippen LogP contribution in [0.3, 0.4) is 0 Å². The Kier molecular flexibility index (Phi) is 4.78. The summed E-state index contributed by atoms with van der Waals surface area (Å²) in [4.78, 5) is 23.6. The Labute approximate surface area is 171 Å². The number of carbonyl (C=O) groups is 1. The molecule has 5 rings (SSSR count). The fraction of sp³-hybridized carbons (Fsp3) is 0.450. The normalized spacial score (nSPS) is 21.7. The van der Waals surface area contributed by atoms with Crippen molar-refractivity contribution in [2.45, 2.75) is 50.7 Å². The number of hydrogen-bond acceptors (Lipinski definition) is 7. The van der Waals surface area contributed by atoms with Gasteiger partial charge in [0.25, 0.3) is 0 Å². The third-order valence-corrected chi connectivity index (χ3v) is 7.39. The van der Waals surface area contributed by atoms with E-state index in [2.05, 4.69) is 16.8 Å². The lowest BCUT2D eigenvalue weighted by Crippen LogP contribution is -2.30. The SMILES string of the molecule is NC(=O)C1CCC(CNc2nc(-c3ccsc3)nc3sc4c(c23)CCCC4)O1. The molecule has 1 amide bonds. The molecular formula is C20H22N4O2S2. The third-order valence-electron chi connectivity index (χ3n) is 5.52. The van der Waals surface area contributed by atoms with Gasteiger partial charge < -0.3 is 15.8 Å². The molecule has 8 heteroatoms. The Morgan fingerprint density at radius 2 is 2.18 bits per heavy atom. The number of rotatable bonds is 5. The molecule has 0 aromatic carbocycles. The van der Waals surface area contributed by atoms with Gasteiger partial charge in [0.2, 0.25) is 5.91 Å². The van der Waals surface area contributed by atoms with E-state index in [1.165, 1.54) is 28.7 Å². The molecule has 28 heavy (non-hydrogen) atoms. The third kappa shape index (κ3) is 3.29. The number of nitrogens with zero attached hydrogens (tertiary/aromatic N) is 2. The van der Waals surface area contributed by atoms with Gasteiger partial charge in [-0.2, -0.15) is 11.3 Å². The van der Waals surface area contributed by atoms with Crippen LogP contribution in [0.5, 0.6) is 0 Å². The molecule has 1 saturated heterocycles. The molecule has 2 aliphatic rings. The summed E-state index contributed by atoms with van der Waals surface area (Å²) < 4.78 is 5.78. The molecule has 3 aromatic heterocycles. The summed E-state index contributed by atoms with van der Waals surface area (Å²) in [6.45, 7) is 0.615. The summed E-state index contributed by atoms with van der Waals surface area (Å²) in [6.07, 6.45) is 5.72. The molecule has 4 heterocycles. The van der Waals surface area contributed by atoms with Gasteiger partial charge in [-0.25, -0.2) is 9.97 Å². The van der Waals surface area contributed by atoms with Gasteiger partial charge in [-0.15, -0.1) is 11.3 Å². The van der Waals surface area contributed by atoms with Crippen LogP contribution in [0, 0.1) is 0 Å². The molecule has 2 unspecified atom stereocenters. The number of fused-ring (bicyclic) bond motifs is 3. The Balaban J connectivity index is 1.49. The van der Waals surface area contributed by atoms with E-state index in [0.717, 1.165) is 41.3 Å². The van der Waals surface area contributed by atoms with Crippen molar-refractivity contribution < 1.29 is 9.53 Å². The summed E-state index contributed by atoms with van der Waals surface area (Å²) in [5.41, 5.74) is 7.83. The van der Waals surface area contributed by atoms with Crippen molar-refractivity contribution in [1.29, 1.82) is 0 Å². The van der Waals surface area contributed by atoms with Gasteiger partial charge in [0.05, 0.1) is 11.5 Å². The Bertz CT molecular complexity index is 1020. The van der Waals surface area contributed by atoms with Crippen LogP contribution in [-0.4, -0.2) is 34.6 Å². The minimum absolute atomic E-state index is 0.0263. The zero-order valence-corrected chi connectivity index (χ0v) is 17.1. The number of hydrogen-bond donors (Lipinski definition) is 2. The van der Waals surface area contributed by atoms with Gasteiger partial charge in [0.15, 0.2) is 5.82 Å². The van der Waals surface area contributed by atoms with Gasteiger partial charge in [-0.1, -0.05) is 0 Å². The van der Waals surface area contributed by atoms with E-state index >= 15 is 0 Å². The van der Waals surface area contributed by atoms with Gasteiger partial charge in [-0.05, 0) is 55.5 Å². The summed E-state index contributed by atoms with van der Waals surface area (Å²) in [7, 11) is 0. The number of nitrogens with two attached hydrogens (primary N) is 1. The van der Waals surface area contributed by atoms with Crippen LogP contribution in [-0.2, 0) is 22.4 Å². The molecule has 3 N–H and O–H groups in total. The van der Waals surface area contributed by atoms with Crippen LogP contribution >= 0.6 is 22.7 Å². The fourth-order valence-electron chi connectivity index (χ4n) is 4.08. The second-order valence-electron chi connectivity index (χ2n) is 7.41. The van der Waals surface area contributed by atoms with Crippen molar-refractivity contribution in [3.8, 4) is 11.4 Å². The molecule has 0 radical (unpaired) electrons. The molecule has 1 aliphatic carbocycles. The molecule has 6 nitrogen and oxygen atoms in total. The van der Waals surface area contributed by atoms with E-state index in [1.54, 1.807) is 11.3 Å². The molecule has 1 fully saturated rings. The van der Waals surface area contributed by atoms with Crippen molar-refractivity contribution in [3.05, 3.63) is 27.3 Å². The minimum atomic E-state index is -0.465. The maximum Gasteiger partial charge on any atom is 0.246 e. The zero-order chi connectivity index (χ0) is 19.1. The molecular weight excluding hydrogens is 392 g/mol. The van der Waals surface area contributed by atoms with Crippen LogP contribution in [0.1, 0.15) is 36.1 Å². The number of primary amides is 1. The zero-order valence-electron chi connectivity index (χ0n) is 15.4. The van der Waals surface area contributed by atoms with Crippen LogP contribution in [0.4, 0.5) is 5.82 Å². The molecule has 3 aromatic rings. The minimum Gasteiger partial charge on any atom is -0.367 e. The monoisotopic (exact) mass is 414 g/mol. The molecule has 146 valence electrons. The van der Waals surface area contributed by atoms with E-state index in [4.69, 9.17) is 20.4 Å². The molecule has 0 bridgehead atoms. The van der Waals surface area contributed by atoms with Crippen molar-refractivity contribution in [3.63, 3.8) is 0 Å². The van der Waals surface area contributed by atoms with E-state index in [9.17, 15) is 4.79 Å². The van der Waals surface area contributed by atoms with Crippen molar-refractivity contribution >= 4 is 44.6 Å². The summed E-state index contributed by atoms with van der Waals surface area (Å²) in [5, 5.41) is 8.81. The summed E-state index contributed by atoms with van der Waals surface area (Å²) >= 11 is 3.46. The summed E-state index contributed by atoms with van der Waals surface area (Å²) in [5.74, 6) is 1.27. The Morgan fingerprint density at radius 1 is 1.29 bits per heavy atom. The highest BCUT2D eigenvalue weighted by molar-refractivity contribution is 7.19. The quantitative estimate of drug-likeness (QED) is 0.664. The topological polar surface area (TPSA) is 90.1 Å². The maximum atomic E-state index is 11.4. The second-order valence-corrected chi connectivity index (χ2v) is 9.27. The van der Waals surface area contributed by atoms with Gasteiger partial charge in [0, 0.05) is 22.4 Å². The van der Waals surface area contributed by atoms with Gasteiger partial charge in [0.1, 0.15) is 16.8 Å². The molecule has 2 atom stereocenters. The van der Waals surface area contributed by atoms with Crippen LogP contribution in [0.25, 0.3) is 21.6 Å². The van der Waals surface area contributed by atoms with Crippen LogP contribution in [0.15, 0.2) is 16.8 Å². The number of aryl methyl sites for hydroxylation is 2. The standard InChI is InChI=1S/C20H22N4O2S2/c21-17(25)14-6-5-12(26-14)9-22-19-16-13-3-1-2-4-15(13)28-20(16)24-18(23-19)11-7-8-27-10-11/h7-8,10,12,14H,1-6,9H2,(H2,21,25)(H,22,23,24). The Hall–Kier alpha value is -2.03. The van der Waals surface area contributed by atoms with E-state index in [1.807, 2.05) is 16.7 Å².